The monoisotopic (exact) mass is 272 g/mol. The molecule has 4 heteroatoms. The van der Waals surface area contributed by atoms with Crippen LogP contribution in [0.1, 0.15) is 24.5 Å². The van der Waals surface area contributed by atoms with E-state index < -0.39 is 17.2 Å². The fourth-order valence-corrected chi connectivity index (χ4v) is 2.45. The van der Waals surface area contributed by atoms with Crippen molar-refractivity contribution in [2.75, 3.05) is 0 Å². The van der Waals surface area contributed by atoms with Gasteiger partial charge < -0.3 is 0 Å². The molecular weight excluding hydrogens is 258 g/mol. The molecule has 0 fully saturated rings. The molecule has 0 spiro atoms. The molecule has 1 aliphatic heterocycles. The zero-order chi connectivity index (χ0) is 14.2. The van der Waals surface area contributed by atoms with Crippen LogP contribution in [-0.2, 0) is 5.54 Å². The van der Waals surface area contributed by atoms with Gasteiger partial charge in [0.1, 0.15) is 11.6 Å². The number of nitrogens with one attached hydrogen (secondary N) is 1. The molecule has 0 radical (unpaired) electrons. The maximum absolute atomic E-state index is 13.8. The van der Waals surface area contributed by atoms with Gasteiger partial charge in [-0.2, -0.15) is 5.10 Å². The first kappa shape index (κ1) is 12.8. The minimum atomic E-state index is -0.461. The summed E-state index contributed by atoms with van der Waals surface area (Å²) in [5.41, 5.74) is 4.47. The lowest BCUT2D eigenvalue weighted by Crippen LogP contribution is -2.32. The van der Waals surface area contributed by atoms with Gasteiger partial charge in [-0.1, -0.05) is 30.3 Å². The Morgan fingerprint density at radius 3 is 2.60 bits per heavy atom. The molecule has 2 nitrogen and oxygen atoms in total. The SMILES string of the molecule is C[C@@]1(c2ccccc2)CC(c2cc(F)ccc2F)=NN1. The second-order valence-corrected chi connectivity index (χ2v) is 5.17. The molecule has 102 valence electrons. The number of hydrazone groups is 1. The average Bonchev–Trinajstić information content (AvgIpc) is 2.86. The van der Waals surface area contributed by atoms with Gasteiger partial charge in [0.05, 0.1) is 11.3 Å². The van der Waals surface area contributed by atoms with E-state index in [1.165, 1.54) is 6.07 Å². The van der Waals surface area contributed by atoms with Crippen LogP contribution in [0.25, 0.3) is 0 Å². The van der Waals surface area contributed by atoms with Crippen LogP contribution in [0.2, 0.25) is 0 Å². The van der Waals surface area contributed by atoms with Gasteiger partial charge >= 0.3 is 0 Å². The van der Waals surface area contributed by atoms with Gasteiger partial charge in [0.25, 0.3) is 0 Å². The first-order valence-corrected chi connectivity index (χ1v) is 6.43. The normalized spacial score (nSPS) is 21.4. The number of benzene rings is 2. The molecule has 0 saturated heterocycles. The van der Waals surface area contributed by atoms with Gasteiger partial charge in [-0.15, -0.1) is 0 Å². The van der Waals surface area contributed by atoms with E-state index in [1.807, 2.05) is 37.3 Å². The van der Waals surface area contributed by atoms with Crippen LogP contribution in [0.3, 0.4) is 0 Å². The van der Waals surface area contributed by atoms with Gasteiger partial charge in [-0.25, -0.2) is 8.78 Å². The maximum Gasteiger partial charge on any atom is 0.132 e. The van der Waals surface area contributed by atoms with Gasteiger partial charge in [0, 0.05) is 12.0 Å². The molecule has 20 heavy (non-hydrogen) atoms. The maximum atomic E-state index is 13.8. The second-order valence-electron chi connectivity index (χ2n) is 5.17. The Hall–Kier alpha value is -2.23. The summed E-state index contributed by atoms with van der Waals surface area (Å²) in [6, 6.07) is 13.2. The summed E-state index contributed by atoms with van der Waals surface area (Å²) >= 11 is 0. The van der Waals surface area contributed by atoms with Crippen molar-refractivity contribution in [1.29, 1.82) is 0 Å². The lowest BCUT2D eigenvalue weighted by atomic mass is 9.87. The Morgan fingerprint density at radius 1 is 1.10 bits per heavy atom. The summed E-state index contributed by atoms with van der Waals surface area (Å²) in [6.07, 6.45) is 0.511. The Labute approximate surface area is 116 Å². The molecule has 0 amide bonds. The first-order valence-electron chi connectivity index (χ1n) is 6.43. The predicted octanol–water partition coefficient (Wildman–Crippen LogP) is 3.58. The van der Waals surface area contributed by atoms with E-state index in [2.05, 4.69) is 10.5 Å². The summed E-state index contributed by atoms with van der Waals surface area (Å²) in [7, 11) is 0. The number of nitrogens with zero attached hydrogens (tertiary/aromatic N) is 1. The smallest absolute Gasteiger partial charge is 0.132 e. The predicted molar refractivity (Wildman–Crippen MR) is 74.4 cm³/mol. The van der Waals surface area contributed by atoms with Crippen molar-refractivity contribution < 1.29 is 8.78 Å². The molecule has 1 aliphatic rings. The van der Waals surface area contributed by atoms with Crippen LogP contribution in [-0.4, -0.2) is 5.71 Å². The van der Waals surface area contributed by atoms with E-state index in [9.17, 15) is 8.78 Å². The summed E-state index contributed by atoms with van der Waals surface area (Å²) < 4.78 is 27.1. The molecule has 1 atom stereocenters. The highest BCUT2D eigenvalue weighted by molar-refractivity contribution is 6.02. The third-order valence-electron chi connectivity index (χ3n) is 3.61. The highest BCUT2D eigenvalue weighted by Crippen LogP contribution is 2.31. The Morgan fingerprint density at radius 2 is 1.85 bits per heavy atom. The lowest BCUT2D eigenvalue weighted by Gasteiger charge is -2.24. The summed E-state index contributed by atoms with van der Waals surface area (Å²) in [4.78, 5) is 0. The highest BCUT2D eigenvalue weighted by atomic mass is 19.1. The standard InChI is InChI=1S/C16H14F2N2/c1-16(11-5-3-2-4-6-11)10-15(19-20-16)13-9-12(17)7-8-14(13)18/h2-9,20H,10H2,1H3/t16-/m0/s1. The Bertz CT molecular complexity index is 667. The molecule has 0 aliphatic carbocycles. The van der Waals surface area contributed by atoms with Gasteiger partial charge in [0.15, 0.2) is 0 Å². The first-order chi connectivity index (χ1) is 9.58. The van der Waals surface area contributed by atoms with E-state index in [4.69, 9.17) is 0 Å². The fraction of sp³-hybridized carbons (Fsp3) is 0.188. The van der Waals surface area contributed by atoms with E-state index in [1.54, 1.807) is 0 Å². The van der Waals surface area contributed by atoms with E-state index in [0.717, 1.165) is 17.7 Å². The number of hydrogen-bond acceptors (Lipinski definition) is 2. The zero-order valence-electron chi connectivity index (χ0n) is 11.0. The zero-order valence-corrected chi connectivity index (χ0v) is 11.0. The van der Waals surface area contributed by atoms with E-state index in [-0.39, 0.29) is 5.56 Å². The van der Waals surface area contributed by atoms with Crippen molar-refractivity contribution in [3.8, 4) is 0 Å². The topological polar surface area (TPSA) is 24.4 Å². The van der Waals surface area contributed by atoms with Crippen LogP contribution in [0.15, 0.2) is 53.6 Å². The van der Waals surface area contributed by atoms with Crippen molar-refractivity contribution in [3.63, 3.8) is 0 Å². The third kappa shape index (κ3) is 2.18. The molecule has 1 heterocycles. The summed E-state index contributed by atoms with van der Waals surface area (Å²) in [5.74, 6) is -0.915. The third-order valence-corrected chi connectivity index (χ3v) is 3.61. The highest BCUT2D eigenvalue weighted by Gasteiger charge is 2.34. The fourth-order valence-electron chi connectivity index (χ4n) is 2.45. The molecule has 1 N–H and O–H groups in total. The van der Waals surface area contributed by atoms with E-state index in [0.29, 0.717) is 12.1 Å². The van der Waals surface area contributed by atoms with Crippen molar-refractivity contribution >= 4 is 5.71 Å². The van der Waals surface area contributed by atoms with Crippen molar-refractivity contribution in [3.05, 3.63) is 71.3 Å². The summed E-state index contributed by atoms with van der Waals surface area (Å²) in [6.45, 7) is 2.00. The van der Waals surface area contributed by atoms with Crippen molar-refractivity contribution in [2.45, 2.75) is 18.9 Å². The number of rotatable bonds is 2. The molecule has 2 aromatic carbocycles. The molecule has 0 saturated carbocycles. The van der Waals surface area contributed by atoms with Crippen molar-refractivity contribution in [1.82, 2.24) is 5.43 Å². The van der Waals surface area contributed by atoms with Gasteiger partial charge in [0.2, 0.25) is 0 Å². The van der Waals surface area contributed by atoms with Gasteiger partial charge in [-0.05, 0) is 30.7 Å². The molecule has 3 rings (SSSR count). The van der Waals surface area contributed by atoms with Crippen LogP contribution < -0.4 is 5.43 Å². The number of halogens is 2. The largest absolute Gasteiger partial charge is 0.299 e. The second kappa shape index (κ2) is 4.71. The van der Waals surface area contributed by atoms with Crippen LogP contribution in [0, 0.1) is 11.6 Å². The molecule has 0 aromatic heterocycles. The van der Waals surface area contributed by atoms with Crippen molar-refractivity contribution in [2.24, 2.45) is 5.10 Å². The summed E-state index contributed by atoms with van der Waals surface area (Å²) in [5, 5.41) is 4.20. The quantitative estimate of drug-likeness (QED) is 0.888. The van der Waals surface area contributed by atoms with Crippen LogP contribution in [0.5, 0.6) is 0 Å². The molecular formula is C16H14F2N2. The van der Waals surface area contributed by atoms with Crippen LogP contribution >= 0.6 is 0 Å². The minimum absolute atomic E-state index is 0.220. The minimum Gasteiger partial charge on any atom is -0.299 e. The molecule has 2 aromatic rings. The van der Waals surface area contributed by atoms with Gasteiger partial charge in [-0.3, -0.25) is 5.43 Å². The van der Waals surface area contributed by atoms with Crippen LogP contribution in [0.4, 0.5) is 8.78 Å². The molecule has 0 bridgehead atoms. The lowest BCUT2D eigenvalue weighted by molar-refractivity contribution is 0.421. The average molecular weight is 272 g/mol. The van der Waals surface area contributed by atoms with E-state index >= 15 is 0 Å². The Balaban J connectivity index is 1.91. The number of hydrogen-bond donors (Lipinski definition) is 1. The molecule has 0 unspecified atom stereocenters. The Kier molecular flexibility index (Phi) is 3.01.